The van der Waals surface area contributed by atoms with Crippen LogP contribution in [0, 0.1) is 0 Å². The van der Waals surface area contributed by atoms with Crippen molar-refractivity contribution >= 4 is 11.9 Å². The average Bonchev–Trinajstić information content (AvgIpc) is 3.30. The Morgan fingerprint density at radius 2 is 0.625 bits per heavy atom. The summed E-state index contributed by atoms with van der Waals surface area (Å²) in [4.78, 5) is 24.5. The first-order valence-corrected chi connectivity index (χ1v) is 27.8. The molecule has 64 heavy (non-hydrogen) atoms. The van der Waals surface area contributed by atoms with E-state index in [1.165, 1.54) is 193 Å². The van der Waals surface area contributed by atoms with E-state index < -0.39 is 6.10 Å². The van der Waals surface area contributed by atoms with Gasteiger partial charge >= 0.3 is 11.9 Å². The molecule has 1 N–H and O–H groups in total. The first-order chi connectivity index (χ1) is 31.6. The zero-order chi connectivity index (χ0) is 46.3. The molecular formula is C59H106O5. The number of aliphatic hydroxyl groups excluding tert-OH is 1. The van der Waals surface area contributed by atoms with Gasteiger partial charge in [0.25, 0.3) is 0 Å². The molecule has 1 atom stereocenters. The molecule has 0 aliphatic carbocycles. The number of rotatable bonds is 51. The van der Waals surface area contributed by atoms with Crippen molar-refractivity contribution in [2.75, 3.05) is 13.2 Å². The van der Waals surface area contributed by atoms with Gasteiger partial charge in [0, 0.05) is 12.8 Å². The Hall–Kier alpha value is -2.40. The molecule has 0 aromatic carbocycles. The van der Waals surface area contributed by atoms with Crippen molar-refractivity contribution in [3.63, 3.8) is 0 Å². The van der Waals surface area contributed by atoms with Crippen molar-refractivity contribution in [3.8, 4) is 0 Å². The van der Waals surface area contributed by atoms with Crippen LogP contribution in [0.15, 0.2) is 60.8 Å². The Morgan fingerprint density at radius 1 is 0.359 bits per heavy atom. The standard InChI is InChI=1S/C59H106O5/c1-3-5-7-9-11-13-15-17-19-21-23-25-26-27-28-29-30-31-32-34-35-37-39-41-43-45-47-49-51-53-58(61)63-56-57(55-60)64-59(62)54-52-50-48-46-44-42-40-38-36-33-24-22-20-18-16-14-12-10-8-6-4-2/h15-18,21-24,36,38,57,60H,3-14,19-20,25-35,37,39-56H2,1-2H3/b17-15-,18-16-,23-21-,24-22-,38-36-. The lowest BCUT2D eigenvalue weighted by atomic mass is 10.0. The van der Waals surface area contributed by atoms with Crippen LogP contribution in [-0.4, -0.2) is 36.4 Å². The van der Waals surface area contributed by atoms with Crippen LogP contribution in [0.4, 0.5) is 0 Å². The summed E-state index contributed by atoms with van der Waals surface area (Å²) < 4.78 is 10.7. The number of hydrogen-bond acceptors (Lipinski definition) is 5. The van der Waals surface area contributed by atoms with Crippen molar-refractivity contribution in [2.24, 2.45) is 0 Å². The molecule has 0 aromatic rings. The third kappa shape index (κ3) is 52.2. The van der Waals surface area contributed by atoms with Crippen LogP contribution in [0.3, 0.4) is 0 Å². The molecule has 0 aliphatic heterocycles. The Morgan fingerprint density at radius 3 is 0.938 bits per heavy atom. The molecular weight excluding hydrogens is 789 g/mol. The number of ether oxygens (including phenoxy) is 2. The second-order valence-electron chi connectivity index (χ2n) is 18.7. The summed E-state index contributed by atoms with van der Waals surface area (Å²) in [5.74, 6) is -0.596. The predicted octanol–water partition coefficient (Wildman–Crippen LogP) is 18.6. The van der Waals surface area contributed by atoms with Gasteiger partial charge in [0.2, 0.25) is 0 Å². The predicted molar refractivity (Wildman–Crippen MR) is 279 cm³/mol. The van der Waals surface area contributed by atoms with Crippen molar-refractivity contribution < 1.29 is 24.2 Å². The highest BCUT2D eigenvalue weighted by atomic mass is 16.6. The molecule has 5 heteroatoms. The highest BCUT2D eigenvalue weighted by Crippen LogP contribution is 2.16. The monoisotopic (exact) mass is 895 g/mol. The van der Waals surface area contributed by atoms with Gasteiger partial charge in [0.1, 0.15) is 6.61 Å². The zero-order valence-corrected chi connectivity index (χ0v) is 42.5. The van der Waals surface area contributed by atoms with Gasteiger partial charge in [-0.2, -0.15) is 0 Å². The van der Waals surface area contributed by atoms with E-state index in [2.05, 4.69) is 74.6 Å². The molecule has 1 unspecified atom stereocenters. The molecule has 0 bridgehead atoms. The molecule has 0 rings (SSSR count). The third-order valence-electron chi connectivity index (χ3n) is 12.3. The van der Waals surface area contributed by atoms with Crippen LogP contribution < -0.4 is 0 Å². The summed E-state index contributed by atoms with van der Waals surface area (Å²) in [5, 5.41) is 9.64. The van der Waals surface area contributed by atoms with Gasteiger partial charge in [-0.3, -0.25) is 9.59 Å². The SMILES string of the molecule is CCCCCCC/C=C\C/C=C\C/C=C\CCCCCCCCC(=O)OC(CO)COC(=O)CCCCCCCCCCCCCCCCCCC/C=C\C/C=C\CCCCCCC. The Labute approximate surface area is 398 Å². The minimum Gasteiger partial charge on any atom is -0.462 e. The summed E-state index contributed by atoms with van der Waals surface area (Å²) in [6.07, 6.45) is 73.3. The number of esters is 2. The molecule has 0 aromatic heterocycles. The van der Waals surface area contributed by atoms with E-state index in [0.717, 1.165) is 64.2 Å². The average molecular weight is 895 g/mol. The second kappa shape index (κ2) is 54.9. The van der Waals surface area contributed by atoms with Crippen molar-refractivity contribution in [2.45, 2.75) is 290 Å². The number of aliphatic hydroxyl groups is 1. The van der Waals surface area contributed by atoms with Gasteiger partial charge < -0.3 is 14.6 Å². The Bertz CT molecular complexity index is 1100. The third-order valence-corrected chi connectivity index (χ3v) is 12.3. The first kappa shape index (κ1) is 61.6. The molecule has 0 amide bonds. The molecule has 0 aliphatic rings. The molecule has 372 valence electrons. The van der Waals surface area contributed by atoms with E-state index in [1.54, 1.807) is 0 Å². The van der Waals surface area contributed by atoms with Gasteiger partial charge in [-0.25, -0.2) is 0 Å². The van der Waals surface area contributed by atoms with E-state index in [9.17, 15) is 14.7 Å². The van der Waals surface area contributed by atoms with E-state index in [-0.39, 0.29) is 25.2 Å². The van der Waals surface area contributed by atoms with Gasteiger partial charge in [-0.05, 0) is 83.5 Å². The van der Waals surface area contributed by atoms with Crippen LogP contribution in [0.1, 0.15) is 284 Å². The van der Waals surface area contributed by atoms with Crippen molar-refractivity contribution in [3.05, 3.63) is 60.8 Å². The molecule has 0 heterocycles. The lowest BCUT2D eigenvalue weighted by Gasteiger charge is -2.15. The van der Waals surface area contributed by atoms with E-state index in [4.69, 9.17) is 9.47 Å². The molecule has 0 radical (unpaired) electrons. The van der Waals surface area contributed by atoms with Gasteiger partial charge in [0.05, 0.1) is 6.61 Å². The normalized spacial score (nSPS) is 12.6. The fourth-order valence-electron chi connectivity index (χ4n) is 8.06. The number of carbonyl (C=O) groups is 2. The summed E-state index contributed by atoms with van der Waals surface area (Å²) >= 11 is 0. The van der Waals surface area contributed by atoms with Crippen molar-refractivity contribution in [1.29, 1.82) is 0 Å². The molecule has 0 spiro atoms. The zero-order valence-electron chi connectivity index (χ0n) is 42.5. The maximum Gasteiger partial charge on any atom is 0.306 e. The largest absolute Gasteiger partial charge is 0.462 e. The van der Waals surface area contributed by atoms with Crippen LogP contribution >= 0.6 is 0 Å². The summed E-state index contributed by atoms with van der Waals surface area (Å²) in [5.41, 5.74) is 0. The summed E-state index contributed by atoms with van der Waals surface area (Å²) in [7, 11) is 0. The number of unbranched alkanes of at least 4 members (excludes halogenated alkanes) is 33. The fraction of sp³-hybridized carbons (Fsp3) is 0.797. The smallest absolute Gasteiger partial charge is 0.306 e. The lowest BCUT2D eigenvalue weighted by Crippen LogP contribution is -2.28. The van der Waals surface area contributed by atoms with Crippen LogP contribution in [0.2, 0.25) is 0 Å². The highest BCUT2D eigenvalue weighted by Gasteiger charge is 2.16. The fourth-order valence-corrected chi connectivity index (χ4v) is 8.06. The topological polar surface area (TPSA) is 72.8 Å². The molecule has 0 fully saturated rings. The Kier molecular flexibility index (Phi) is 52.9. The van der Waals surface area contributed by atoms with Crippen LogP contribution in [0.25, 0.3) is 0 Å². The van der Waals surface area contributed by atoms with Crippen LogP contribution in [0.5, 0.6) is 0 Å². The second-order valence-corrected chi connectivity index (χ2v) is 18.7. The Balaban J connectivity index is 3.48. The summed E-state index contributed by atoms with van der Waals surface area (Å²) in [6, 6.07) is 0. The van der Waals surface area contributed by atoms with Crippen molar-refractivity contribution in [1.82, 2.24) is 0 Å². The lowest BCUT2D eigenvalue weighted by molar-refractivity contribution is -0.161. The van der Waals surface area contributed by atoms with Gasteiger partial charge in [0.15, 0.2) is 6.10 Å². The number of allylic oxidation sites excluding steroid dienone is 10. The molecule has 0 saturated carbocycles. The first-order valence-electron chi connectivity index (χ1n) is 27.8. The van der Waals surface area contributed by atoms with Gasteiger partial charge in [-0.15, -0.1) is 0 Å². The van der Waals surface area contributed by atoms with E-state index >= 15 is 0 Å². The molecule has 0 saturated heterocycles. The summed E-state index contributed by atoms with van der Waals surface area (Å²) in [6.45, 7) is 4.13. The minimum absolute atomic E-state index is 0.0707. The quantitative estimate of drug-likeness (QED) is 0.0374. The molecule has 5 nitrogen and oxygen atoms in total. The minimum atomic E-state index is -0.781. The number of hydrogen-bond donors (Lipinski definition) is 1. The van der Waals surface area contributed by atoms with Crippen LogP contribution in [-0.2, 0) is 19.1 Å². The van der Waals surface area contributed by atoms with E-state index in [1.807, 2.05) is 0 Å². The number of carbonyl (C=O) groups excluding carboxylic acids is 2. The maximum absolute atomic E-state index is 12.3. The highest BCUT2D eigenvalue weighted by molar-refractivity contribution is 5.70. The van der Waals surface area contributed by atoms with Gasteiger partial charge in [-0.1, -0.05) is 248 Å². The van der Waals surface area contributed by atoms with E-state index in [0.29, 0.717) is 12.8 Å². The maximum atomic E-state index is 12.3.